The summed E-state index contributed by atoms with van der Waals surface area (Å²) in [6.45, 7) is 2.83. The average Bonchev–Trinajstić information content (AvgIpc) is 3.17. The summed E-state index contributed by atoms with van der Waals surface area (Å²) >= 11 is 6.23. The van der Waals surface area contributed by atoms with E-state index in [1.165, 1.54) is 0 Å². The highest BCUT2D eigenvalue weighted by Crippen LogP contribution is 2.28. The summed E-state index contributed by atoms with van der Waals surface area (Å²) in [6, 6.07) is 9.24. The molecule has 29 heavy (non-hydrogen) atoms. The first-order chi connectivity index (χ1) is 14.0. The molecule has 3 heterocycles. The molecule has 0 spiro atoms. The zero-order chi connectivity index (χ0) is 20.4. The van der Waals surface area contributed by atoms with Gasteiger partial charge in [-0.3, -0.25) is 4.79 Å². The number of nitrogens with one attached hydrogen (secondary N) is 1. The first-order valence-corrected chi connectivity index (χ1v) is 9.92. The minimum Gasteiger partial charge on any atom is -0.445 e. The quantitative estimate of drug-likeness (QED) is 0.709. The summed E-state index contributed by atoms with van der Waals surface area (Å²) in [4.78, 5) is 36.9. The molecular weight excluding hydrogens is 392 g/mol. The van der Waals surface area contributed by atoms with Crippen molar-refractivity contribution in [1.82, 2.24) is 19.9 Å². The summed E-state index contributed by atoms with van der Waals surface area (Å²) in [5.74, 6) is 1.13. The van der Waals surface area contributed by atoms with Crippen LogP contribution >= 0.6 is 11.6 Å². The second-order valence-electron chi connectivity index (χ2n) is 7.28. The van der Waals surface area contributed by atoms with Crippen LogP contribution in [0.5, 0.6) is 0 Å². The van der Waals surface area contributed by atoms with Crippen molar-refractivity contribution in [1.29, 1.82) is 0 Å². The number of benzene rings is 1. The second-order valence-corrected chi connectivity index (χ2v) is 7.69. The van der Waals surface area contributed by atoms with Crippen LogP contribution in [0.4, 0.5) is 0 Å². The van der Waals surface area contributed by atoms with Gasteiger partial charge < -0.3 is 14.3 Å². The second kappa shape index (κ2) is 8.21. The van der Waals surface area contributed by atoms with Gasteiger partial charge in [-0.05, 0) is 37.5 Å². The SMILES string of the molecule is Cc1cc(C(=O)N2CCC[C@@H](c3ncc(Cc4ccccc4Cl)o3)C2)nc(=O)[nH]1. The molecule has 0 radical (unpaired) electrons. The molecular formula is C21H21ClN4O3. The number of hydrogen-bond donors (Lipinski definition) is 1. The van der Waals surface area contributed by atoms with E-state index in [0.29, 0.717) is 36.1 Å². The number of halogens is 1. The number of aryl methyl sites for hydroxylation is 1. The van der Waals surface area contributed by atoms with Crippen molar-refractivity contribution >= 4 is 17.5 Å². The first-order valence-electron chi connectivity index (χ1n) is 9.55. The Morgan fingerprint density at radius 1 is 1.38 bits per heavy atom. The molecule has 150 valence electrons. The van der Waals surface area contributed by atoms with Crippen LogP contribution in [-0.2, 0) is 6.42 Å². The number of nitrogens with zero attached hydrogens (tertiary/aromatic N) is 3. The Labute approximate surface area is 172 Å². The number of carbonyl (C=O) groups excluding carboxylic acids is 1. The Kier molecular flexibility index (Phi) is 5.49. The normalized spacial score (nSPS) is 16.8. The Hall–Kier alpha value is -2.93. The molecule has 0 unspecified atom stereocenters. The Bertz CT molecular complexity index is 1090. The Morgan fingerprint density at radius 2 is 2.21 bits per heavy atom. The molecule has 8 heteroatoms. The van der Waals surface area contributed by atoms with Crippen molar-refractivity contribution in [3.05, 3.63) is 80.6 Å². The number of aromatic amines is 1. The molecule has 1 aromatic carbocycles. The van der Waals surface area contributed by atoms with Crippen molar-refractivity contribution < 1.29 is 9.21 Å². The van der Waals surface area contributed by atoms with Gasteiger partial charge in [0.25, 0.3) is 5.91 Å². The zero-order valence-electron chi connectivity index (χ0n) is 16.0. The third-order valence-corrected chi connectivity index (χ3v) is 5.42. The molecule has 1 amide bonds. The monoisotopic (exact) mass is 412 g/mol. The molecule has 1 fully saturated rings. The fraction of sp³-hybridized carbons (Fsp3) is 0.333. The van der Waals surface area contributed by atoms with Crippen LogP contribution in [0.25, 0.3) is 0 Å². The fourth-order valence-electron chi connectivity index (χ4n) is 3.64. The molecule has 2 aromatic heterocycles. The lowest BCUT2D eigenvalue weighted by Crippen LogP contribution is -2.40. The lowest BCUT2D eigenvalue weighted by molar-refractivity contribution is 0.0691. The average molecular weight is 413 g/mol. The largest absolute Gasteiger partial charge is 0.445 e. The van der Waals surface area contributed by atoms with Crippen molar-refractivity contribution in [2.45, 2.75) is 32.1 Å². The van der Waals surface area contributed by atoms with Gasteiger partial charge >= 0.3 is 5.69 Å². The van der Waals surface area contributed by atoms with Crippen LogP contribution in [0, 0.1) is 6.92 Å². The summed E-state index contributed by atoms with van der Waals surface area (Å²) < 4.78 is 5.98. The number of hydrogen-bond acceptors (Lipinski definition) is 5. The van der Waals surface area contributed by atoms with Gasteiger partial charge in [0.15, 0.2) is 5.89 Å². The standard InChI is InChI=1S/C21H21ClN4O3/c1-13-9-18(25-21(28)24-13)20(27)26-8-4-6-15(12-26)19-23-11-16(29-19)10-14-5-2-3-7-17(14)22/h2-3,5,7,9,11,15H,4,6,8,10,12H2,1H3,(H,24,25,28)/t15-/m1/s1. The number of rotatable bonds is 4. The van der Waals surface area contributed by atoms with Crippen LogP contribution in [0.2, 0.25) is 5.02 Å². The third-order valence-electron chi connectivity index (χ3n) is 5.05. The third kappa shape index (κ3) is 4.40. The number of likely N-dealkylation sites (tertiary alicyclic amines) is 1. The minimum atomic E-state index is -0.515. The lowest BCUT2D eigenvalue weighted by atomic mass is 9.97. The van der Waals surface area contributed by atoms with Gasteiger partial charge in [0.2, 0.25) is 0 Å². The maximum atomic E-state index is 12.8. The molecule has 1 saturated heterocycles. The predicted molar refractivity (Wildman–Crippen MR) is 108 cm³/mol. The van der Waals surface area contributed by atoms with Crippen LogP contribution in [0.1, 0.15) is 52.2 Å². The van der Waals surface area contributed by atoms with Crippen molar-refractivity contribution in [2.24, 2.45) is 0 Å². The molecule has 0 bridgehead atoms. The number of carbonyl (C=O) groups is 1. The van der Waals surface area contributed by atoms with Crippen LogP contribution in [-0.4, -0.2) is 38.8 Å². The van der Waals surface area contributed by atoms with E-state index in [0.717, 1.165) is 24.2 Å². The summed E-state index contributed by atoms with van der Waals surface area (Å²) in [6.07, 6.45) is 4.01. The van der Waals surface area contributed by atoms with E-state index < -0.39 is 5.69 Å². The van der Waals surface area contributed by atoms with Gasteiger partial charge in [0, 0.05) is 30.2 Å². The summed E-state index contributed by atoms with van der Waals surface area (Å²) in [7, 11) is 0. The van der Waals surface area contributed by atoms with Gasteiger partial charge in [0.1, 0.15) is 11.5 Å². The van der Waals surface area contributed by atoms with Crippen LogP contribution < -0.4 is 5.69 Å². The molecule has 1 aliphatic rings. The molecule has 7 nitrogen and oxygen atoms in total. The smallest absolute Gasteiger partial charge is 0.345 e. The van der Waals surface area contributed by atoms with E-state index in [4.69, 9.17) is 16.0 Å². The van der Waals surface area contributed by atoms with E-state index in [-0.39, 0.29) is 17.5 Å². The summed E-state index contributed by atoms with van der Waals surface area (Å²) in [5, 5.41) is 0.695. The molecule has 4 rings (SSSR count). The number of H-pyrrole nitrogens is 1. The molecule has 3 aromatic rings. The van der Waals surface area contributed by atoms with E-state index in [1.54, 1.807) is 24.1 Å². The maximum absolute atomic E-state index is 12.8. The zero-order valence-corrected chi connectivity index (χ0v) is 16.8. The van der Waals surface area contributed by atoms with Gasteiger partial charge in [-0.25, -0.2) is 9.78 Å². The van der Waals surface area contributed by atoms with E-state index in [9.17, 15) is 9.59 Å². The number of piperidine rings is 1. The number of oxazole rings is 1. The topological polar surface area (TPSA) is 92.1 Å². The van der Waals surface area contributed by atoms with Crippen molar-refractivity contribution in [3.63, 3.8) is 0 Å². The fourth-order valence-corrected chi connectivity index (χ4v) is 3.84. The van der Waals surface area contributed by atoms with Gasteiger partial charge in [-0.1, -0.05) is 29.8 Å². The highest BCUT2D eigenvalue weighted by Gasteiger charge is 2.29. The predicted octanol–water partition coefficient (Wildman–Crippen LogP) is 3.33. The van der Waals surface area contributed by atoms with Crippen LogP contribution in [0.3, 0.4) is 0 Å². The van der Waals surface area contributed by atoms with Crippen LogP contribution in [0.15, 0.2) is 45.7 Å². The first kappa shape index (κ1) is 19.4. The Balaban J connectivity index is 1.47. The van der Waals surface area contributed by atoms with Gasteiger partial charge in [-0.2, -0.15) is 4.98 Å². The van der Waals surface area contributed by atoms with E-state index in [2.05, 4.69) is 15.0 Å². The molecule has 1 atom stereocenters. The van der Waals surface area contributed by atoms with E-state index >= 15 is 0 Å². The lowest BCUT2D eigenvalue weighted by Gasteiger charge is -2.31. The molecule has 0 saturated carbocycles. The van der Waals surface area contributed by atoms with E-state index in [1.807, 2.05) is 24.3 Å². The molecule has 1 N–H and O–H groups in total. The van der Waals surface area contributed by atoms with Gasteiger partial charge in [0.05, 0.1) is 12.1 Å². The Morgan fingerprint density at radius 3 is 3.00 bits per heavy atom. The number of amides is 1. The maximum Gasteiger partial charge on any atom is 0.345 e. The van der Waals surface area contributed by atoms with Gasteiger partial charge in [-0.15, -0.1) is 0 Å². The highest BCUT2D eigenvalue weighted by atomic mass is 35.5. The number of aromatic nitrogens is 3. The molecule has 0 aliphatic carbocycles. The minimum absolute atomic E-state index is 0.00999. The van der Waals surface area contributed by atoms with Crippen molar-refractivity contribution in [3.8, 4) is 0 Å². The summed E-state index contributed by atoms with van der Waals surface area (Å²) in [5.41, 5.74) is 1.24. The molecule has 1 aliphatic heterocycles. The highest BCUT2D eigenvalue weighted by molar-refractivity contribution is 6.31. The van der Waals surface area contributed by atoms with Crippen molar-refractivity contribution in [2.75, 3.05) is 13.1 Å².